The van der Waals surface area contributed by atoms with Gasteiger partial charge in [0.25, 0.3) is 6.47 Å². The minimum absolute atomic E-state index is 0.246. The van der Waals surface area contributed by atoms with Crippen LogP contribution >= 0.6 is 34.8 Å². The molecule has 0 spiro atoms. The average molecular weight is 248 g/mol. The minimum Gasteiger partial charge on any atom is -0.464 e. The molecule has 0 rings (SSSR count). The molecule has 1 atom stereocenters. The number of carbonyl (C=O) groups excluding carboxylic acids is 1. The lowest BCUT2D eigenvalue weighted by Gasteiger charge is -2.19. The van der Waals surface area contributed by atoms with Gasteiger partial charge in [-0.2, -0.15) is 0 Å². The lowest BCUT2D eigenvalue weighted by molar-refractivity contribution is -0.134. The first-order valence-corrected chi connectivity index (χ1v) is 5.29. The van der Waals surface area contributed by atoms with Crippen molar-refractivity contribution in [2.75, 3.05) is 0 Å². The van der Waals surface area contributed by atoms with Crippen molar-refractivity contribution in [1.82, 2.24) is 0 Å². The molecule has 0 fully saturated rings. The van der Waals surface area contributed by atoms with Crippen LogP contribution in [0.25, 0.3) is 0 Å². The minimum atomic E-state index is -1.35. The predicted octanol–water partition coefficient (Wildman–Crippen LogP) is 3.48. The molecular weight excluding hydrogens is 234 g/mol. The summed E-state index contributed by atoms with van der Waals surface area (Å²) in [5.41, 5.74) is 0. The zero-order valence-corrected chi connectivity index (χ0v) is 9.70. The fourth-order valence-electron chi connectivity index (χ4n) is 0.987. The van der Waals surface area contributed by atoms with Crippen LogP contribution in [0, 0.1) is 0 Å². The highest BCUT2D eigenvalue weighted by Crippen LogP contribution is 2.33. The van der Waals surface area contributed by atoms with Crippen LogP contribution in [0.3, 0.4) is 0 Å². The van der Waals surface area contributed by atoms with E-state index in [2.05, 4.69) is 0 Å². The van der Waals surface area contributed by atoms with Gasteiger partial charge in [0, 0.05) is 6.42 Å². The molecule has 2 nitrogen and oxygen atoms in total. The molecule has 0 heterocycles. The van der Waals surface area contributed by atoms with Gasteiger partial charge in [-0.15, -0.1) is 0 Å². The number of ether oxygens (including phenoxy) is 1. The lowest BCUT2D eigenvalue weighted by Crippen LogP contribution is -2.19. The summed E-state index contributed by atoms with van der Waals surface area (Å²) >= 11 is 16.7. The van der Waals surface area contributed by atoms with Crippen molar-refractivity contribution in [3.63, 3.8) is 0 Å². The maximum absolute atomic E-state index is 10.1. The topological polar surface area (TPSA) is 26.3 Å². The molecule has 0 aromatic rings. The number of unbranched alkanes of at least 4 members (excludes halogenated alkanes) is 1. The Kier molecular flexibility index (Phi) is 6.92. The molecule has 0 aromatic heterocycles. The summed E-state index contributed by atoms with van der Waals surface area (Å²) in [6, 6.07) is 0. The fourth-order valence-corrected chi connectivity index (χ4v) is 1.50. The smallest absolute Gasteiger partial charge is 0.293 e. The molecule has 0 N–H and O–H groups in total. The van der Waals surface area contributed by atoms with Crippen LogP contribution in [-0.2, 0) is 9.53 Å². The molecule has 0 aromatic carbocycles. The van der Waals surface area contributed by atoms with Crippen molar-refractivity contribution in [2.24, 2.45) is 0 Å². The van der Waals surface area contributed by atoms with Gasteiger partial charge in [0.05, 0.1) is 0 Å². The molecule has 0 aliphatic rings. The standard InChI is InChI=1S/C8H13Cl3O2/c1-2-3-4-7(13-6-12)5-8(9,10)11/h6-7H,2-5H2,1H3. The average Bonchev–Trinajstić information content (AvgIpc) is 1.98. The van der Waals surface area contributed by atoms with Gasteiger partial charge < -0.3 is 4.74 Å². The molecule has 5 heteroatoms. The van der Waals surface area contributed by atoms with Crippen LogP contribution in [0.4, 0.5) is 0 Å². The summed E-state index contributed by atoms with van der Waals surface area (Å²) in [4.78, 5) is 10.1. The zero-order valence-electron chi connectivity index (χ0n) is 7.43. The summed E-state index contributed by atoms with van der Waals surface area (Å²) in [5.74, 6) is 0. The highest BCUT2D eigenvalue weighted by atomic mass is 35.6. The van der Waals surface area contributed by atoms with Gasteiger partial charge in [-0.3, -0.25) is 4.79 Å². The second-order valence-electron chi connectivity index (χ2n) is 2.82. The largest absolute Gasteiger partial charge is 0.464 e. The number of alkyl halides is 3. The molecule has 0 aliphatic carbocycles. The van der Waals surface area contributed by atoms with Crippen LogP contribution in [-0.4, -0.2) is 16.4 Å². The number of carbonyl (C=O) groups is 1. The Morgan fingerprint density at radius 3 is 2.46 bits per heavy atom. The summed E-state index contributed by atoms with van der Waals surface area (Å²) in [6.45, 7) is 2.45. The number of rotatable bonds is 6. The van der Waals surface area contributed by atoms with E-state index < -0.39 is 3.79 Å². The Bertz CT molecular complexity index is 145. The number of hydrogen-bond donors (Lipinski definition) is 0. The molecule has 0 saturated carbocycles. The Morgan fingerprint density at radius 1 is 1.46 bits per heavy atom. The van der Waals surface area contributed by atoms with Crippen LogP contribution < -0.4 is 0 Å². The quantitative estimate of drug-likeness (QED) is 0.531. The number of hydrogen-bond acceptors (Lipinski definition) is 2. The normalized spacial score (nSPS) is 13.8. The second kappa shape index (κ2) is 6.74. The van der Waals surface area contributed by atoms with E-state index in [9.17, 15) is 4.79 Å². The van der Waals surface area contributed by atoms with Gasteiger partial charge in [-0.25, -0.2) is 0 Å². The van der Waals surface area contributed by atoms with Gasteiger partial charge in [0.2, 0.25) is 0 Å². The molecule has 13 heavy (non-hydrogen) atoms. The van der Waals surface area contributed by atoms with Crippen LogP contribution in [0.1, 0.15) is 32.6 Å². The third kappa shape index (κ3) is 8.66. The van der Waals surface area contributed by atoms with E-state index in [-0.39, 0.29) is 12.5 Å². The van der Waals surface area contributed by atoms with Crippen LogP contribution in [0.15, 0.2) is 0 Å². The lowest BCUT2D eigenvalue weighted by atomic mass is 10.1. The first kappa shape index (κ1) is 13.3. The monoisotopic (exact) mass is 246 g/mol. The Hall–Kier alpha value is 0.340. The molecule has 0 radical (unpaired) electrons. The molecule has 0 aliphatic heterocycles. The first-order chi connectivity index (χ1) is 5.99. The first-order valence-electron chi connectivity index (χ1n) is 4.15. The van der Waals surface area contributed by atoms with Gasteiger partial charge in [0.15, 0.2) is 3.79 Å². The van der Waals surface area contributed by atoms with Gasteiger partial charge in [-0.05, 0) is 6.42 Å². The molecule has 0 bridgehead atoms. The Labute approximate surface area is 93.5 Å². The molecule has 78 valence electrons. The highest BCUT2D eigenvalue weighted by molar-refractivity contribution is 6.67. The predicted molar refractivity (Wildman–Crippen MR) is 55.4 cm³/mol. The molecule has 1 unspecified atom stereocenters. The Balaban J connectivity index is 3.86. The van der Waals surface area contributed by atoms with Crippen molar-refractivity contribution in [2.45, 2.75) is 42.5 Å². The second-order valence-corrected chi connectivity index (χ2v) is 5.33. The molecule has 0 amide bonds. The van der Waals surface area contributed by atoms with E-state index in [0.29, 0.717) is 6.47 Å². The van der Waals surface area contributed by atoms with E-state index in [0.717, 1.165) is 19.3 Å². The molecular formula is C8H13Cl3O2. The van der Waals surface area contributed by atoms with Crippen molar-refractivity contribution in [3.8, 4) is 0 Å². The van der Waals surface area contributed by atoms with Gasteiger partial charge >= 0.3 is 0 Å². The SMILES string of the molecule is CCCCC(CC(Cl)(Cl)Cl)OC=O. The maximum Gasteiger partial charge on any atom is 0.293 e. The zero-order chi connectivity index (χ0) is 10.3. The van der Waals surface area contributed by atoms with E-state index in [4.69, 9.17) is 39.5 Å². The van der Waals surface area contributed by atoms with E-state index in [1.54, 1.807) is 0 Å². The summed E-state index contributed by atoms with van der Waals surface area (Å²) in [6.07, 6.45) is 2.68. The summed E-state index contributed by atoms with van der Waals surface area (Å²) < 4.78 is 3.44. The third-order valence-electron chi connectivity index (χ3n) is 1.59. The van der Waals surface area contributed by atoms with Gasteiger partial charge in [0.1, 0.15) is 6.10 Å². The van der Waals surface area contributed by atoms with E-state index >= 15 is 0 Å². The van der Waals surface area contributed by atoms with Crippen molar-refractivity contribution < 1.29 is 9.53 Å². The fraction of sp³-hybridized carbons (Fsp3) is 0.875. The van der Waals surface area contributed by atoms with Crippen LogP contribution in [0.5, 0.6) is 0 Å². The van der Waals surface area contributed by atoms with Crippen molar-refractivity contribution in [1.29, 1.82) is 0 Å². The third-order valence-corrected chi connectivity index (χ3v) is 2.05. The Morgan fingerprint density at radius 2 is 2.08 bits per heavy atom. The van der Waals surface area contributed by atoms with Crippen LogP contribution in [0.2, 0.25) is 0 Å². The number of halogens is 3. The van der Waals surface area contributed by atoms with Crippen molar-refractivity contribution in [3.05, 3.63) is 0 Å². The maximum atomic E-state index is 10.1. The van der Waals surface area contributed by atoms with E-state index in [1.165, 1.54) is 0 Å². The van der Waals surface area contributed by atoms with Crippen molar-refractivity contribution >= 4 is 41.3 Å². The summed E-state index contributed by atoms with van der Waals surface area (Å²) in [5, 5.41) is 0. The highest BCUT2D eigenvalue weighted by Gasteiger charge is 2.25. The van der Waals surface area contributed by atoms with E-state index in [1.807, 2.05) is 6.92 Å². The summed E-state index contributed by atoms with van der Waals surface area (Å²) in [7, 11) is 0. The van der Waals surface area contributed by atoms with Gasteiger partial charge in [-0.1, -0.05) is 54.6 Å². The molecule has 0 saturated heterocycles.